The molecule has 0 heterocycles. The highest BCUT2D eigenvalue weighted by atomic mass is 79.9. The molecular weight excluding hydrogens is 534 g/mol. The number of aryl methyl sites for hydroxylation is 2. The smallest absolute Gasteiger partial charge is 0.311 e. The van der Waals surface area contributed by atoms with Crippen LogP contribution in [0.5, 0.6) is 5.75 Å². The van der Waals surface area contributed by atoms with Gasteiger partial charge in [0.1, 0.15) is 6.61 Å². The van der Waals surface area contributed by atoms with Gasteiger partial charge in [0, 0.05) is 15.0 Å². The van der Waals surface area contributed by atoms with Gasteiger partial charge in [0.2, 0.25) is 0 Å². The lowest BCUT2D eigenvalue weighted by atomic mass is 9.79. The zero-order chi connectivity index (χ0) is 22.8. The van der Waals surface area contributed by atoms with Crippen molar-refractivity contribution in [2.75, 3.05) is 0 Å². The van der Waals surface area contributed by atoms with E-state index in [0.29, 0.717) is 12.4 Å². The van der Waals surface area contributed by atoms with Crippen LogP contribution >= 0.6 is 31.9 Å². The SMILES string of the molecule is Cc1ccc(COc2cc3c(cc2[N+](=O)[O-])C(Cc2cc(Br)c(C)c(Br)c2)CCC3)cc1. The molecule has 6 heteroatoms. The molecule has 166 valence electrons. The lowest BCUT2D eigenvalue weighted by molar-refractivity contribution is -0.386. The Bertz CT molecular complexity index is 1140. The van der Waals surface area contributed by atoms with Gasteiger partial charge in [0.15, 0.2) is 5.75 Å². The molecule has 1 atom stereocenters. The van der Waals surface area contributed by atoms with Crippen molar-refractivity contribution in [1.82, 2.24) is 0 Å². The molecule has 1 aliphatic rings. The van der Waals surface area contributed by atoms with Gasteiger partial charge in [-0.3, -0.25) is 10.1 Å². The maximum Gasteiger partial charge on any atom is 0.311 e. The van der Waals surface area contributed by atoms with Crippen LogP contribution in [0.3, 0.4) is 0 Å². The zero-order valence-corrected chi connectivity index (χ0v) is 21.3. The molecular formula is C26H25Br2NO3. The molecule has 0 N–H and O–H groups in total. The summed E-state index contributed by atoms with van der Waals surface area (Å²) in [5.74, 6) is 0.612. The number of halogens is 2. The van der Waals surface area contributed by atoms with Crippen LogP contribution in [0, 0.1) is 24.0 Å². The summed E-state index contributed by atoms with van der Waals surface area (Å²) < 4.78 is 8.08. The van der Waals surface area contributed by atoms with Crippen LogP contribution in [0.1, 0.15) is 52.1 Å². The number of hydrogen-bond acceptors (Lipinski definition) is 3. The van der Waals surface area contributed by atoms with E-state index in [-0.39, 0.29) is 16.5 Å². The number of nitro benzene ring substituents is 1. The molecule has 0 aliphatic heterocycles. The number of fused-ring (bicyclic) bond motifs is 1. The maximum atomic E-state index is 11.9. The molecule has 4 nitrogen and oxygen atoms in total. The highest BCUT2D eigenvalue weighted by Crippen LogP contribution is 2.41. The van der Waals surface area contributed by atoms with Gasteiger partial charge in [-0.1, -0.05) is 61.7 Å². The van der Waals surface area contributed by atoms with Crippen LogP contribution in [0.2, 0.25) is 0 Å². The predicted octanol–water partition coefficient (Wildman–Crippen LogP) is 7.98. The van der Waals surface area contributed by atoms with Gasteiger partial charge in [0.05, 0.1) is 4.92 Å². The molecule has 1 unspecified atom stereocenters. The third kappa shape index (κ3) is 5.07. The molecule has 0 saturated carbocycles. The summed E-state index contributed by atoms with van der Waals surface area (Å²) in [4.78, 5) is 11.5. The summed E-state index contributed by atoms with van der Waals surface area (Å²) >= 11 is 7.28. The van der Waals surface area contributed by atoms with E-state index in [1.807, 2.05) is 37.3 Å². The van der Waals surface area contributed by atoms with E-state index in [1.54, 1.807) is 6.07 Å². The molecule has 4 rings (SSSR count). The first-order valence-corrected chi connectivity index (χ1v) is 12.3. The van der Waals surface area contributed by atoms with E-state index in [1.165, 1.54) is 16.7 Å². The topological polar surface area (TPSA) is 52.4 Å². The number of nitrogens with zero attached hydrogens (tertiary/aromatic N) is 1. The second kappa shape index (κ2) is 9.75. The Hall–Kier alpha value is -2.18. The maximum absolute atomic E-state index is 11.9. The van der Waals surface area contributed by atoms with Crippen molar-refractivity contribution in [1.29, 1.82) is 0 Å². The largest absolute Gasteiger partial charge is 0.482 e. The van der Waals surface area contributed by atoms with Gasteiger partial charge in [-0.15, -0.1) is 0 Å². The summed E-state index contributed by atoms with van der Waals surface area (Å²) in [5, 5.41) is 11.9. The van der Waals surface area contributed by atoms with Gasteiger partial charge in [0.25, 0.3) is 0 Å². The molecule has 0 radical (unpaired) electrons. The summed E-state index contributed by atoms with van der Waals surface area (Å²) in [5.41, 5.74) is 6.85. The summed E-state index contributed by atoms with van der Waals surface area (Å²) in [6.45, 7) is 4.41. The molecule has 3 aromatic carbocycles. The fourth-order valence-corrected chi connectivity index (χ4v) is 5.61. The standard InChI is InChI=1S/C26H25Br2NO3/c1-16-6-8-18(9-7-16)15-32-26-13-21-5-3-4-20(22(21)14-25(26)29(30)31)10-19-11-23(27)17(2)24(28)12-19/h6-9,11-14,20H,3-5,10,15H2,1-2H3. The number of benzene rings is 3. The first-order chi connectivity index (χ1) is 15.3. The van der Waals surface area contributed by atoms with Gasteiger partial charge in [-0.2, -0.15) is 0 Å². The highest BCUT2D eigenvalue weighted by Gasteiger charge is 2.27. The van der Waals surface area contributed by atoms with Crippen molar-refractivity contribution in [3.05, 3.63) is 101 Å². The third-order valence-electron chi connectivity index (χ3n) is 6.19. The summed E-state index contributed by atoms with van der Waals surface area (Å²) in [6, 6.07) is 16.0. The first-order valence-electron chi connectivity index (χ1n) is 10.8. The predicted molar refractivity (Wildman–Crippen MR) is 135 cm³/mol. The van der Waals surface area contributed by atoms with E-state index >= 15 is 0 Å². The monoisotopic (exact) mass is 557 g/mol. The lowest BCUT2D eigenvalue weighted by Gasteiger charge is -2.26. The van der Waals surface area contributed by atoms with Crippen molar-refractivity contribution in [2.24, 2.45) is 0 Å². The Morgan fingerprint density at radius 3 is 2.38 bits per heavy atom. The van der Waals surface area contributed by atoms with Crippen molar-refractivity contribution >= 4 is 37.5 Å². The van der Waals surface area contributed by atoms with Crippen LogP contribution in [0.15, 0.2) is 57.5 Å². The van der Waals surface area contributed by atoms with Gasteiger partial charge in [-0.25, -0.2) is 0 Å². The van der Waals surface area contributed by atoms with E-state index in [4.69, 9.17) is 4.74 Å². The van der Waals surface area contributed by atoms with Crippen LogP contribution in [0.4, 0.5) is 5.69 Å². The Kier molecular flexibility index (Phi) is 7.01. The Morgan fingerprint density at radius 2 is 1.72 bits per heavy atom. The molecule has 32 heavy (non-hydrogen) atoms. The molecule has 3 aromatic rings. The van der Waals surface area contributed by atoms with Gasteiger partial charge in [-0.05, 0) is 91.5 Å². The Labute approximate surface area is 205 Å². The fraction of sp³-hybridized carbons (Fsp3) is 0.308. The van der Waals surface area contributed by atoms with Crippen molar-refractivity contribution in [2.45, 2.75) is 52.1 Å². The minimum absolute atomic E-state index is 0.0500. The van der Waals surface area contributed by atoms with E-state index < -0.39 is 0 Å². The molecule has 0 aromatic heterocycles. The number of nitro groups is 1. The van der Waals surface area contributed by atoms with E-state index in [0.717, 1.165) is 51.3 Å². The fourth-order valence-electron chi connectivity index (χ4n) is 4.33. The molecule has 0 bridgehead atoms. The second-order valence-electron chi connectivity index (χ2n) is 8.53. The zero-order valence-electron chi connectivity index (χ0n) is 18.2. The quantitative estimate of drug-likeness (QED) is 0.227. The Morgan fingerprint density at radius 1 is 1.03 bits per heavy atom. The van der Waals surface area contributed by atoms with Crippen molar-refractivity contribution in [3.63, 3.8) is 0 Å². The number of hydrogen-bond donors (Lipinski definition) is 0. The van der Waals surface area contributed by atoms with Crippen LogP contribution in [-0.4, -0.2) is 4.92 Å². The lowest BCUT2D eigenvalue weighted by Crippen LogP contribution is -2.14. The summed E-state index contributed by atoms with van der Waals surface area (Å²) in [6.07, 6.45) is 3.87. The molecule has 0 fully saturated rings. The van der Waals surface area contributed by atoms with Gasteiger partial charge < -0.3 is 4.74 Å². The van der Waals surface area contributed by atoms with Crippen molar-refractivity contribution in [3.8, 4) is 5.75 Å². The highest BCUT2D eigenvalue weighted by molar-refractivity contribution is 9.11. The van der Waals surface area contributed by atoms with Crippen LogP contribution in [-0.2, 0) is 19.4 Å². The minimum atomic E-state index is -0.324. The van der Waals surface area contributed by atoms with Crippen molar-refractivity contribution < 1.29 is 9.66 Å². The average Bonchev–Trinajstić information content (AvgIpc) is 2.76. The number of rotatable bonds is 6. The van der Waals surface area contributed by atoms with Crippen LogP contribution in [0.25, 0.3) is 0 Å². The second-order valence-corrected chi connectivity index (χ2v) is 10.2. The molecule has 1 aliphatic carbocycles. The normalized spacial score (nSPS) is 15.3. The average molecular weight is 559 g/mol. The minimum Gasteiger partial charge on any atom is -0.482 e. The third-order valence-corrected chi connectivity index (χ3v) is 7.84. The van der Waals surface area contributed by atoms with Crippen LogP contribution < -0.4 is 4.74 Å². The molecule has 0 saturated heterocycles. The van der Waals surface area contributed by atoms with E-state index in [2.05, 4.69) is 50.9 Å². The van der Waals surface area contributed by atoms with Gasteiger partial charge >= 0.3 is 5.69 Å². The molecule has 0 spiro atoms. The van der Waals surface area contributed by atoms with E-state index in [9.17, 15) is 10.1 Å². The molecule has 0 amide bonds. The Balaban J connectivity index is 1.62. The number of ether oxygens (including phenoxy) is 1. The first kappa shape index (κ1) is 23.0. The summed E-state index contributed by atoms with van der Waals surface area (Å²) in [7, 11) is 0.